The highest BCUT2D eigenvalue weighted by atomic mass is 19.1. The third kappa shape index (κ3) is 1.77. The lowest BCUT2D eigenvalue weighted by Crippen LogP contribution is -2.53. The summed E-state index contributed by atoms with van der Waals surface area (Å²) in [7, 11) is 0. The SMILES string of the molecule is O=C1CC(OCc2ccccc2F)C12CCCC2. The van der Waals surface area contributed by atoms with Gasteiger partial charge >= 0.3 is 0 Å². The van der Waals surface area contributed by atoms with E-state index in [9.17, 15) is 9.18 Å². The molecule has 1 atom stereocenters. The van der Waals surface area contributed by atoms with Crippen molar-refractivity contribution in [2.45, 2.75) is 44.8 Å². The van der Waals surface area contributed by atoms with Gasteiger partial charge in [-0.05, 0) is 18.9 Å². The normalized spacial score (nSPS) is 25.4. The van der Waals surface area contributed by atoms with Gasteiger partial charge in [-0.1, -0.05) is 31.0 Å². The highest BCUT2D eigenvalue weighted by molar-refractivity contribution is 5.92. The van der Waals surface area contributed by atoms with E-state index in [4.69, 9.17) is 4.74 Å². The fourth-order valence-electron chi connectivity index (χ4n) is 3.25. The van der Waals surface area contributed by atoms with Crippen molar-refractivity contribution < 1.29 is 13.9 Å². The van der Waals surface area contributed by atoms with Crippen molar-refractivity contribution in [2.75, 3.05) is 0 Å². The molecule has 96 valence electrons. The molecule has 2 nitrogen and oxygen atoms in total. The van der Waals surface area contributed by atoms with E-state index in [1.54, 1.807) is 18.2 Å². The van der Waals surface area contributed by atoms with Crippen molar-refractivity contribution in [2.24, 2.45) is 5.41 Å². The number of ketones is 1. The van der Waals surface area contributed by atoms with Crippen LogP contribution in [0.3, 0.4) is 0 Å². The van der Waals surface area contributed by atoms with Crippen LogP contribution >= 0.6 is 0 Å². The molecule has 0 aromatic heterocycles. The largest absolute Gasteiger partial charge is 0.372 e. The molecule has 0 bridgehead atoms. The molecule has 0 aliphatic heterocycles. The van der Waals surface area contributed by atoms with E-state index in [0.717, 1.165) is 25.7 Å². The molecule has 1 aromatic carbocycles. The van der Waals surface area contributed by atoms with Crippen LogP contribution in [-0.4, -0.2) is 11.9 Å². The molecule has 1 aromatic rings. The summed E-state index contributed by atoms with van der Waals surface area (Å²) in [6.07, 6.45) is 4.65. The van der Waals surface area contributed by atoms with E-state index < -0.39 is 0 Å². The molecule has 0 N–H and O–H groups in total. The van der Waals surface area contributed by atoms with Crippen molar-refractivity contribution in [1.29, 1.82) is 0 Å². The third-order valence-corrected chi connectivity index (χ3v) is 4.44. The van der Waals surface area contributed by atoms with Crippen molar-refractivity contribution in [3.63, 3.8) is 0 Å². The number of carbonyl (C=O) groups excluding carboxylic acids is 1. The molecule has 1 spiro atoms. The minimum Gasteiger partial charge on any atom is -0.372 e. The molecule has 0 saturated heterocycles. The van der Waals surface area contributed by atoms with E-state index in [1.165, 1.54) is 6.07 Å². The number of benzene rings is 1. The first kappa shape index (κ1) is 11.8. The molecule has 2 saturated carbocycles. The summed E-state index contributed by atoms with van der Waals surface area (Å²) in [5.41, 5.74) is 0.357. The molecular formula is C15H17FO2. The van der Waals surface area contributed by atoms with Crippen molar-refractivity contribution >= 4 is 5.78 Å². The van der Waals surface area contributed by atoms with Crippen LogP contribution < -0.4 is 0 Å². The van der Waals surface area contributed by atoms with Crippen LogP contribution in [0, 0.1) is 11.2 Å². The predicted octanol–water partition coefficient (Wildman–Crippen LogP) is 3.24. The summed E-state index contributed by atoms with van der Waals surface area (Å²) in [5, 5.41) is 0. The average Bonchev–Trinajstić information content (AvgIpc) is 2.88. The van der Waals surface area contributed by atoms with Crippen LogP contribution in [0.5, 0.6) is 0 Å². The van der Waals surface area contributed by atoms with Crippen LogP contribution in [0.1, 0.15) is 37.7 Å². The number of hydrogen-bond acceptors (Lipinski definition) is 2. The zero-order valence-corrected chi connectivity index (χ0v) is 10.3. The van der Waals surface area contributed by atoms with Gasteiger partial charge in [0.15, 0.2) is 0 Å². The lowest BCUT2D eigenvalue weighted by molar-refractivity contribution is -0.164. The van der Waals surface area contributed by atoms with Gasteiger partial charge in [-0.3, -0.25) is 4.79 Å². The topological polar surface area (TPSA) is 26.3 Å². The second-order valence-electron chi connectivity index (χ2n) is 5.38. The van der Waals surface area contributed by atoms with Gasteiger partial charge in [-0.15, -0.1) is 0 Å². The monoisotopic (exact) mass is 248 g/mol. The molecule has 0 radical (unpaired) electrons. The van der Waals surface area contributed by atoms with Crippen LogP contribution in [0.4, 0.5) is 4.39 Å². The first-order chi connectivity index (χ1) is 8.72. The molecule has 2 aliphatic carbocycles. The van der Waals surface area contributed by atoms with Gasteiger partial charge in [0.1, 0.15) is 11.6 Å². The van der Waals surface area contributed by atoms with Crippen LogP contribution in [0.2, 0.25) is 0 Å². The Kier molecular flexibility index (Phi) is 2.94. The molecule has 0 heterocycles. The van der Waals surface area contributed by atoms with E-state index in [1.807, 2.05) is 0 Å². The van der Waals surface area contributed by atoms with Gasteiger partial charge in [-0.25, -0.2) is 4.39 Å². The van der Waals surface area contributed by atoms with Crippen molar-refractivity contribution in [3.05, 3.63) is 35.6 Å². The summed E-state index contributed by atoms with van der Waals surface area (Å²) in [5.74, 6) is 0.113. The number of hydrogen-bond donors (Lipinski definition) is 0. The van der Waals surface area contributed by atoms with Crippen LogP contribution in [-0.2, 0) is 16.1 Å². The zero-order valence-electron chi connectivity index (χ0n) is 10.3. The van der Waals surface area contributed by atoms with Crippen LogP contribution in [0.15, 0.2) is 24.3 Å². The summed E-state index contributed by atoms with van der Waals surface area (Å²) in [6, 6.07) is 6.65. The molecule has 1 unspecified atom stereocenters. The number of ether oxygens (including phenoxy) is 1. The molecule has 2 fully saturated rings. The Bertz CT molecular complexity index is 463. The minimum atomic E-state index is -0.233. The molecule has 18 heavy (non-hydrogen) atoms. The molecule has 3 rings (SSSR count). The highest BCUT2D eigenvalue weighted by Crippen LogP contribution is 2.52. The minimum absolute atomic E-state index is 0.00658. The summed E-state index contributed by atoms with van der Waals surface area (Å²) in [6.45, 7) is 0.270. The maximum absolute atomic E-state index is 13.5. The van der Waals surface area contributed by atoms with E-state index >= 15 is 0 Å². The Morgan fingerprint density at radius 2 is 2.00 bits per heavy atom. The predicted molar refractivity (Wildman–Crippen MR) is 65.5 cm³/mol. The standard InChI is InChI=1S/C15H17FO2/c16-12-6-2-1-5-11(12)10-18-14-9-13(17)15(14)7-3-4-8-15/h1-2,5-6,14H,3-4,7-10H2. The fourth-order valence-corrected chi connectivity index (χ4v) is 3.25. The van der Waals surface area contributed by atoms with Gasteiger partial charge < -0.3 is 4.74 Å². The van der Waals surface area contributed by atoms with Gasteiger partial charge in [0.25, 0.3) is 0 Å². The summed E-state index contributed by atoms with van der Waals surface area (Å²) >= 11 is 0. The Hall–Kier alpha value is -1.22. The van der Waals surface area contributed by atoms with Crippen molar-refractivity contribution in [1.82, 2.24) is 0 Å². The Morgan fingerprint density at radius 1 is 1.28 bits per heavy atom. The Morgan fingerprint density at radius 3 is 2.67 bits per heavy atom. The number of halogens is 1. The highest BCUT2D eigenvalue weighted by Gasteiger charge is 2.56. The van der Waals surface area contributed by atoms with E-state index in [-0.39, 0.29) is 23.9 Å². The summed E-state index contributed by atoms with van der Waals surface area (Å²) < 4.78 is 19.3. The quantitative estimate of drug-likeness (QED) is 0.820. The first-order valence-corrected chi connectivity index (χ1v) is 6.61. The molecule has 0 amide bonds. The molecule has 3 heteroatoms. The van der Waals surface area contributed by atoms with Crippen molar-refractivity contribution in [3.8, 4) is 0 Å². The van der Waals surface area contributed by atoms with Gasteiger partial charge in [0.2, 0.25) is 0 Å². The molecular weight excluding hydrogens is 231 g/mol. The lowest BCUT2D eigenvalue weighted by atomic mass is 9.63. The smallest absolute Gasteiger partial charge is 0.144 e. The molecule has 2 aliphatic rings. The fraction of sp³-hybridized carbons (Fsp3) is 0.533. The second-order valence-corrected chi connectivity index (χ2v) is 5.38. The van der Waals surface area contributed by atoms with Crippen LogP contribution in [0.25, 0.3) is 0 Å². The Labute approximate surface area is 106 Å². The second kappa shape index (κ2) is 4.47. The van der Waals surface area contributed by atoms with E-state index in [2.05, 4.69) is 0 Å². The number of rotatable bonds is 3. The van der Waals surface area contributed by atoms with E-state index in [0.29, 0.717) is 17.8 Å². The first-order valence-electron chi connectivity index (χ1n) is 6.61. The van der Waals surface area contributed by atoms with Gasteiger partial charge in [0.05, 0.1) is 18.1 Å². The summed E-state index contributed by atoms with van der Waals surface area (Å²) in [4.78, 5) is 11.8. The maximum Gasteiger partial charge on any atom is 0.144 e. The van der Waals surface area contributed by atoms with Gasteiger partial charge in [0, 0.05) is 12.0 Å². The average molecular weight is 248 g/mol. The maximum atomic E-state index is 13.5. The van der Waals surface area contributed by atoms with Gasteiger partial charge in [-0.2, -0.15) is 0 Å². The lowest BCUT2D eigenvalue weighted by Gasteiger charge is -2.44. The number of carbonyl (C=O) groups is 1. The Balaban J connectivity index is 1.65. The third-order valence-electron chi connectivity index (χ3n) is 4.44. The number of Topliss-reactive ketones (excluding diaryl/α,β-unsaturated/α-hetero) is 1. The zero-order chi connectivity index (χ0) is 12.6.